The molecule has 3 rings (SSSR count). The van der Waals surface area contributed by atoms with Gasteiger partial charge in [-0.1, -0.05) is 30.3 Å². The molecule has 0 saturated carbocycles. The second-order valence-corrected chi connectivity index (χ2v) is 4.75. The van der Waals surface area contributed by atoms with Gasteiger partial charge in [-0.2, -0.15) is 0 Å². The zero-order chi connectivity index (χ0) is 15.5. The Bertz CT molecular complexity index is 824. The fourth-order valence-corrected chi connectivity index (χ4v) is 2.28. The standard InChI is InChI=1S/C17H12N2O3/c20-17(13-6-2-1-3-7-13)14-8-9-15(16(12-14)19(21)22)18-10-4-5-11-18/h1-12H. The van der Waals surface area contributed by atoms with Crippen molar-refractivity contribution in [3.8, 4) is 5.69 Å². The van der Waals surface area contributed by atoms with E-state index in [2.05, 4.69) is 0 Å². The molecule has 0 saturated heterocycles. The van der Waals surface area contributed by atoms with Crippen LogP contribution in [0.3, 0.4) is 0 Å². The van der Waals surface area contributed by atoms with E-state index in [9.17, 15) is 14.9 Å². The predicted molar refractivity (Wildman–Crippen MR) is 82.3 cm³/mol. The summed E-state index contributed by atoms with van der Waals surface area (Å²) < 4.78 is 1.65. The van der Waals surface area contributed by atoms with Gasteiger partial charge in [-0.3, -0.25) is 14.9 Å². The van der Waals surface area contributed by atoms with Crippen molar-refractivity contribution in [2.45, 2.75) is 0 Å². The van der Waals surface area contributed by atoms with Gasteiger partial charge >= 0.3 is 0 Å². The van der Waals surface area contributed by atoms with Crippen LogP contribution >= 0.6 is 0 Å². The lowest BCUT2D eigenvalue weighted by molar-refractivity contribution is -0.384. The molecule has 5 nitrogen and oxygen atoms in total. The van der Waals surface area contributed by atoms with Gasteiger partial charge in [-0.25, -0.2) is 0 Å². The lowest BCUT2D eigenvalue weighted by atomic mass is 10.0. The molecule has 0 radical (unpaired) electrons. The number of nitrogens with zero attached hydrogens (tertiary/aromatic N) is 2. The zero-order valence-corrected chi connectivity index (χ0v) is 11.5. The van der Waals surface area contributed by atoms with Crippen LogP contribution in [0, 0.1) is 10.1 Å². The van der Waals surface area contributed by atoms with Crippen LogP contribution in [0.25, 0.3) is 5.69 Å². The number of nitro groups is 1. The molecule has 0 fully saturated rings. The summed E-state index contributed by atoms with van der Waals surface area (Å²) >= 11 is 0. The summed E-state index contributed by atoms with van der Waals surface area (Å²) in [7, 11) is 0. The van der Waals surface area contributed by atoms with Gasteiger partial charge in [0.15, 0.2) is 5.78 Å². The fraction of sp³-hybridized carbons (Fsp3) is 0. The van der Waals surface area contributed by atoms with E-state index in [1.54, 1.807) is 65.5 Å². The molecule has 0 spiro atoms. The van der Waals surface area contributed by atoms with Crippen molar-refractivity contribution in [1.82, 2.24) is 4.57 Å². The Labute approximate surface area is 126 Å². The smallest absolute Gasteiger partial charge is 0.293 e. The fourth-order valence-electron chi connectivity index (χ4n) is 2.28. The first kappa shape index (κ1) is 13.8. The molecule has 0 aliphatic heterocycles. The Morgan fingerprint density at radius 2 is 1.59 bits per heavy atom. The minimum absolute atomic E-state index is 0.0991. The van der Waals surface area contributed by atoms with Gasteiger partial charge in [0.05, 0.1) is 4.92 Å². The minimum atomic E-state index is -0.475. The molecule has 22 heavy (non-hydrogen) atoms. The van der Waals surface area contributed by atoms with Gasteiger partial charge < -0.3 is 4.57 Å². The van der Waals surface area contributed by atoms with Gasteiger partial charge in [0.25, 0.3) is 5.69 Å². The molecule has 0 N–H and O–H groups in total. The summed E-state index contributed by atoms with van der Waals surface area (Å²) in [6.07, 6.45) is 3.45. The average Bonchev–Trinajstić information content (AvgIpc) is 3.08. The number of ketones is 1. The third-order valence-corrected chi connectivity index (χ3v) is 3.35. The van der Waals surface area contributed by atoms with Crippen molar-refractivity contribution in [2.24, 2.45) is 0 Å². The molecular weight excluding hydrogens is 280 g/mol. The molecule has 2 aromatic carbocycles. The third kappa shape index (κ3) is 2.52. The molecule has 1 aromatic heterocycles. The highest BCUT2D eigenvalue weighted by molar-refractivity contribution is 6.09. The molecular formula is C17H12N2O3. The molecule has 0 amide bonds. The Kier molecular flexibility index (Phi) is 3.53. The van der Waals surface area contributed by atoms with E-state index in [0.717, 1.165) is 0 Å². The Balaban J connectivity index is 2.07. The van der Waals surface area contributed by atoms with Crippen LogP contribution in [0.2, 0.25) is 0 Å². The molecule has 0 bridgehead atoms. The first-order valence-corrected chi connectivity index (χ1v) is 6.68. The number of hydrogen-bond acceptors (Lipinski definition) is 3. The first-order valence-electron chi connectivity index (χ1n) is 6.68. The summed E-state index contributed by atoms with van der Waals surface area (Å²) in [5.41, 5.74) is 1.14. The van der Waals surface area contributed by atoms with Crippen molar-refractivity contribution >= 4 is 11.5 Å². The topological polar surface area (TPSA) is 65.1 Å². The van der Waals surface area contributed by atoms with Gasteiger partial charge in [0, 0.05) is 29.6 Å². The van der Waals surface area contributed by atoms with Crippen LogP contribution in [-0.2, 0) is 0 Å². The molecule has 108 valence electrons. The number of carbonyl (C=O) groups excluding carboxylic acids is 1. The van der Waals surface area contributed by atoms with E-state index in [1.807, 2.05) is 6.07 Å². The second kappa shape index (κ2) is 5.65. The number of benzene rings is 2. The van der Waals surface area contributed by atoms with Gasteiger partial charge in [-0.15, -0.1) is 0 Å². The zero-order valence-electron chi connectivity index (χ0n) is 11.5. The Morgan fingerprint density at radius 3 is 2.23 bits per heavy atom. The molecule has 0 unspecified atom stereocenters. The molecule has 0 atom stereocenters. The third-order valence-electron chi connectivity index (χ3n) is 3.35. The summed E-state index contributed by atoms with van der Waals surface area (Å²) in [5.74, 6) is -0.234. The number of aromatic nitrogens is 1. The summed E-state index contributed by atoms with van der Waals surface area (Å²) in [6.45, 7) is 0. The highest BCUT2D eigenvalue weighted by Gasteiger charge is 2.19. The first-order chi connectivity index (χ1) is 10.7. The van der Waals surface area contributed by atoms with E-state index in [-0.39, 0.29) is 11.5 Å². The van der Waals surface area contributed by atoms with Crippen LogP contribution in [0.1, 0.15) is 15.9 Å². The number of carbonyl (C=O) groups is 1. The summed E-state index contributed by atoms with van der Waals surface area (Å²) in [6, 6.07) is 16.8. The number of rotatable bonds is 4. The van der Waals surface area contributed by atoms with Crippen molar-refractivity contribution < 1.29 is 9.72 Å². The number of nitro benzene ring substituents is 1. The van der Waals surface area contributed by atoms with E-state index in [1.165, 1.54) is 6.07 Å². The largest absolute Gasteiger partial charge is 0.318 e. The molecule has 0 aliphatic rings. The maximum absolute atomic E-state index is 12.4. The van der Waals surface area contributed by atoms with Gasteiger partial charge in [-0.05, 0) is 24.3 Å². The van der Waals surface area contributed by atoms with E-state index >= 15 is 0 Å². The lowest BCUT2D eigenvalue weighted by Gasteiger charge is -2.07. The van der Waals surface area contributed by atoms with E-state index in [0.29, 0.717) is 16.8 Å². The van der Waals surface area contributed by atoms with Crippen molar-refractivity contribution in [2.75, 3.05) is 0 Å². The van der Waals surface area contributed by atoms with Crippen LogP contribution in [0.4, 0.5) is 5.69 Å². The quantitative estimate of drug-likeness (QED) is 0.419. The average molecular weight is 292 g/mol. The van der Waals surface area contributed by atoms with E-state index in [4.69, 9.17) is 0 Å². The van der Waals surface area contributed by atoms with E-state index < -0.39 is 4.92 Å². The van der Waals surface area contributed by atoms with Gasteiger partial charge in [0.1, 0.15) is 5.69 Å². The minimum Gasteiger partial charge on any atom is -0.318 e. The Morgan fingerprint density at radius 1 is 0.909 bits per heavy atom. The van der Waals surface area contributed by atoms with Crippen LogP contribution in [-0.4, -0.2) is 15.3 Å². The summed E-state index contributed by atoms with van der Waals surface area (Å²) in [4.78, 5) is 23.2. The molecule has 5 heteroatoms. The monoisotopic (exact) mass is 292 g/mol. The molecule has 0 aliphatic carbocycles. The summed E-state index contributed by atoms with van der Waals surface area (Å²) in [5, 5.41) is 11.3. The number of hydrogen-bond donors (Lipinski definition) is 0. The van der Waals surface area contributed by atoms with Crippen LogP contribution in [0.5, 0.6) is 0 Å². The normalized spacial score (nSPS) is 10.4. The van der Waals surface area contributed by atoms with Crippen molar-refractivity contribution in [1.29, 1.82) is 0 Å². The van der Waals surface area contributed by atoms with Crippen molar-refractivity contribution in [3.05, 3.63) is 94.3 Å². The molecule has 1 heterocycles. The highest BCUT2D eigenvalue weighted by Crippen LogP contribution is 2.25. The van der Waals surface area contributed by atoms with Gasteiger partial charge in [0.2, 0.25) is 0 Å². The lowest BCUT2D eigenvalue weighted by Crippen LogP contribution is -2.04. The maximum atomic E-state index is 12.4. The SMILES string of the molecule is O=C(c1ccccc1)c1ccc(-n2cccc2)c([N+](=O)[O-])c1. The second-order valence-electron chi connectivity index (χ2n) is 4.75. The Hall–Kier alpha value is -3.21. The molecule has 3 aromatic rings. The van der Waals surface area contributed by atoms with Crippen molar-refractivity contribution in [3.63, 3.8) is 0 Å². The van der Waals surface area contributed by atoms with Crippen LogP contribution in [0.15, 0.2) is 73.1 Å². The maximum Gasteiger partial charge on any atom is 0.293 e. The highest BCUT2D eigenvalue weighted by atomic mass is 16.6. The van der Waals surface area contributed by atoms with Crippen LogP contribution < -0.4 is 0 Å². The predicted octanol–water partition coefficient (Wildman–Crippen LogP) is 3.62.